The summed E-state index contributed by atoms with van der Waals surface area (Å²) >= 11 is 1.46. The Morgan fingerprint density at radius 3 is 2.78 bits per heavy atom. The maximum Gasteiger partial charge on any atom is 0.186 e. The summed E-state index contributed by atoms with van der Waals surface area (Å²) in [6.45, 7) is 3.53. The quantitative estimate of drug-likeness (QED) is 0.904. The normalized spacial score (nSPS) is 21.4. The molecule has 1 saturated heterocycles. The van der Waals surface area contributed by atoms with E-state index in [1.54, 1.807) is 6.92 Å². The predicted octanol–water partition coefficient (Wildman–Crippen LogP) is 3.13. The van der Waals surface area contributed by atoms with Gasteiger partial charge in [0.1, 0.15) is 0 Å². The zero-order valence-electron chi connectivity index (χ0n) is 10.4. The van der Waals surface area contributed by atoms with Gasteiger partial charge >= 0.3 is 0 Å². The van der Waals surface area contributed by atoms with Crippen molar-refractivity contribution < 1.29 is 4.79 Å². The van der Waals surface area contributed by atoms with Crippen LogP contribution in [0.15, 0.2) is 35.9 Å². The fourth-order valence-electron chi connectivity index (χ4n) is 2.01. The van der Waals surface area contributed by atoms with E-state index < -0.39 is 0 Å². The van der Waals surface area contributed by atoms with Crippen LogP contribution < -0.4 is 5.32 Å². The van der Waals surface area contributed by atoms with Crippen molar-refractivity contribution in [1.29, 1.82) is 0 Å². The largest absolute Gasteiger partial charge is 0.313 e. The number of piperidine rings is 1. The number of thioether (sulfide) groups is 1. The van der Waals surface area contributed by atoms with Gasteiger partial charge in [0.15, 0.2) is 5.12 Å². The summed E-state index contributed by atoms with van der Waals surface area (Å²) in [6, 6.07) is 10.3. The Morgan fingerprint density at radius 2 is 2.11 bits per heavy atom. The van der Waals surface area contributed by atoms with Gasteiger partial charge in [0, 0.05) is 18.7 Å². The summed E-state index contributed by atoms with van der Waals surface area (Å²) < 4.78 is 0. The van der Waals surface area contributed by atoms with Crippen LogP contribution in [0.4, 0.5) is 0 Å². The number of benzene rings is 1. The second kappa shape index (κ2) is 7.62. The minimum absolute atomic E-state index is 0. The Hall–Kier alpha value is -0.770. The second-order valence-corrected chi connectivity index (χ2v) is 5.57. The number of carbonyl (C=O) groups is 1. The van der Waals surface area contributed by atoms with Gasteiger partial charge in [-0.25, -0.2) is 0 Å². The van der Waals surface area contributed by atoms with Crippen LogP contribution in [0.5, 0.6) is 0 Å². The van der Waals surface area contributed by atoms with Crippen molar-refractivity contribution in [2.75, 3.05) is 13.1 Å². The first-order valence-corrected chi connectivity index (χ1v) is 6.77. The molecular formula is C14H18ClNOS. The highest BCUT2D eigenvalue weighted by Gasteiger charge is 2.20. The molecule has 4 heteroatoms. The summed E-state index contributed by atoms with van der Waals surface area (Å²) in [5, 5.41) is 3.91. The van der Waals surface area contributed by atoms with Gasteiger partial charge in [0.25, 0.3) is 0 Å². The Balaban J connectivity index is 0.00000162. The van der Waals surface area contributed by atoms with E-state index in [9.17, 15) is 4.79 Å². The minimum atomic E-state index is 0. The van der Waals surface area contributed by atoms with Gasteiger partial charge in [-0.15, -0.1) is 12.4 Å². The molecule has 1 aliphatic heterocycles. The molecule has 0 spiro atoms. The number of hydrogen-bond acceptors (Lipinski definition) is 3. The first-order valence-electron chi connectivity index (χ1n) is 5.89. The number of halogens is 1. The molecule has 1 unspecified atom stereocenters. The molecule has 2 rings (SSSR count). The number of hydrogen-bond donors (Lipinski definition) is 1. The van der Waals surface area contributed by atoms with Crippen LogP contribution in [0.3, 0.4) is 0 Å². The average Bonchev–Trinajstić information content (AvgIpc) is 2.32. The lowest BCUT2D eigenvalue weighted by Crippen LogP contribution is -2.32. The van der Waals surface area contributed by atoms with Crippen molar-refractivity contribution in [3.05, 3.63) is 41.5 Å². The van der Waals surface area contributed by atoms with E-state index >= 15 is 0 Å². The molecule has 1 atom stereocenters. The van der Waals surface area contributed by atoms with E-state index in [2.05, 4.69) is 23.5 Å². The van der Waals surface area contributed by atoms with E-state index in [0.29, 0.717) is 5.25 Å². The Kier molecular flexibility index (Phi) is 6.47. The molecule has 0 radical (unpaired) electrons. The van der Waals surface area contributed by atoms with Gasteiger partial charge in [-0.2, -0.15) is 0 Å². The fourth-order valence-corrected chi connectivity index (χ4v) is 2.95. The SMILES string of the molecule is CC(=O)SC1CCNC/C1=C/c1ccccc1.Cl. The van der Waals surface area contributed by atoms with Crippen LogP contribution in [0.2, 0.25) is 0 Å². The first-order chi connectivity index (χ1) is 8.25. The van der Waals surface area contributed by atoms with E-state index in [4.69, 9.17) is 0 Å². The Bertz CT molecular complexity index is 419. The smallest absolute Gasteiger partial charge is 0.186 e. The van der Waals surface area contributed by atoms with Crippen molar-refractivity contribution in [2.24, 2.45) is 0 Å². The summed E-state index contributed by atoms with van der Waals surface area (Å²) in [7, 11) is 0. The maximum absolute atomic E-state index is 11.2. The highest BCUT2D eigenvalue weighted by atomic mass is 35.5. The minimum Gasteiger partial charge on any atom is -0.313 e. The van der Waals surface area contributed by atoms with Gasteiger partial charge in [0.05, 0.1) is 0 Å². The van der Waals surface area contributed by atoms with Gasteiger partial charge in [-0.05, 0) is 24.1 Å². The Morgan fingerprint density at radius 1 is 1.39 bits per heavy atom. The summed E-state index contributed by atoms with van der Waals surface area (Å²) in [5.41, 5.74) is 2.53. The van der Waals surface area contributed by atoms with Crippen LogP contribution >= 0.6 is 24.2 Å². The predicted molar refractivity (Wildman–Crippen MR) is 81.2 cm³/mol. The van der Waals surface area contributed by atoms with Gasteiger partial charge < -0.3 is 5.32 Å². The zero-order valence-corrected chi connectivity index (χ0v) is 12.0. The molecule has 0 aliphatic carbocycles. The third-order valence-electron chi connectivity index (χ3n) is 2.79. The highest BCUT2D eigenvalue weighted by molar-refractivity contribution is 8.14. The molecule has 0 amide bonds. The Labute approximate surface area is 119 Å². The number of carbonyl (C=O) groups excluding carboxylic acids is 1. The average molecular weight is 284 g/mol. The van der Waals surface area contributed by atoms with Crippen molar-refractivity contribution in [2.45, 2.75) is 18.6 Å². The highest BCUT2D eigenvalue weighted by Crippen LogP contribution is 2.26. The van der Waals surface area contributed by atoms with Gasteiger partial charge in [-0.3, -0.25) is 4.79 Å². The lowest BCUT2D eigenvalue weighted by molar-refractivity contribution is -0.109. The monoisotopic (exact) mass is 283 g/mol. The first kappa shape index (κ1) is 15.3. The molecule has 1 aliphatic rings. The molecule has 0 saturated carbocycles. The molecule has 1 fully saturated rings. The van der Waals surface area contributed by atoms with Gasteiger partial charge in [-0.1, -0.05) is 48.2 Å². The van der Waals surface area contributed by atoms with Crippen LogP contribution in [0, 0.1) is 0 Å². The topological polar surface area (TPSA) is 29.1 Å². The molecule has 98 valence electrons. The molecule has 18 heavy (non-hydrogen) atoms. The summed E-state index contributed by atoms with van der Waals surface area (Å²) in [5.74, 6) is 0. The molecule has 0 aromatic heterocycles. The van der Waals surface area contributed by atoms with Crippen molar-refractivity contribution >= 4 is 35.4 Å². The third kappa shape index (κ3) is 4.48. The van der Waals surface area contributed by atoms with Crippen molar-refractivity contribution in [3.63, 3.8) is 0 Å². The van der Waals surface area contributed by atoms with Crippen LogP contribution in [-0.4, -0.2) is 23.5 Å². The lowest BCUT2D eigenvalue weighted by Gasteiger charge is -2.25. The van der Waals surface area contributed by atoms with Crippen LogP contribution in [0.1, 0.15) is 18.9 Å². The standard InChI is InChI=1S/C14H17NOS.ClH/c1-11(16)17-14-7-8-15-10-13(14)9-12-5-3-2-4-6-12;/h2-6,9,14-15H,7-8,10H2,1H3;1H/b13-9-;. The maximum atomic E-state index is 11.2. The van der Waals surface area contributed by atoms with Crippen molar-refractivity contribution in [3.8, 4) is 0 Å². The molecule has 2 nitrogen and oxygen atoms in total. The molecule has 1 aromatic rings. The summed E-state index contributed by atoms with van der Waals surface area (Å²) in [6.07, 6.45) is 3.23. The van der Waals surface area contributed by atoms with E-state index in [0.717, 1.165) is 19.5 Å². The fraction of sp³-hybridized carbons (Fsp3) is 0.357. The molecule has 1 aromatic carbocycles. The van der Waals surface area contributed by atoms with Gasteiger partial charge in [0.2, 0.25) is 0 Å². The third-order valence-corrected chi connectivity index (χ3v) is 3.94. The number of nitrogens with one attached hydrogen (secondary N) is 1. The van der Waals surface area contributed by atoms with E-state index in [-0.39, 0.29) is 17.5 Å². The summed E-state index contributed by atoms with van der Waals surface area (Å²) in [4.78, 5) is 11.2. The molecule has 1 heterocycles. The molecule has 0 bridgehead atoms. The zero-order chi connectivity index (χ0) is 12.1. The second-order valence-electron chi connectivity index (χ2n) is 4.19. The molecular weight excluding hydrogens is 266 g/mol. The lowest BCUT2D eigenvalue weighted by atomic mass is 10.0. The van der Waals surface area contributed by atoms with E-state index in [1.165, 1.54) is 22.9 Å². The van der Waals surface area contributed by atoms with Crippen molar-refractivity contribution in [1.82, 2.24) is 5.32 Å². The van der Waals surface area contributed by atoms with E-state index in [1.807, 2.05) is 18.2 Å². The number of rotatable bonds is 2. The molecule has 1 N–H and O–H groups in total. The van der Waals surface area contributed by atoms with Crippen LogP contribution in [0.25, 0.3) is 6.08 Å². The van der Waals surface area contributed by atoms with Crippen LogP contribution in [-0.2, 0) is 4.79 Å².